The summed E-state index contributed by atoms with van der Waals surface area (Å²) in [4.78, 5) is 9.68. The van der Waals surface area contributed by atoms with E-state index in [0.717, 1.165) is 0 Å². The van der Waals surface area contributed by atoms with E-state index in [-0.39, 0.29) is 0 Å². The summed E-state index contributed by atoms with van der Waals surface area (Å²) in [6.07, 6.45) is 1.84. The van der Waals surface area contributed by atoms with Gasteiger partial charge in [-0.15, -0.1) is 0 Å². The second kappa shape index (κ2) is 3.10. The highest BCUT2D eigenvalue weighted by molar-refractivity contribution is 5.72. The third-order valence-corrected chi connectivity index (χ3v) is 0.478. The molecule has 36 valence electrons. The van der Waals surface area contributed by atoms with Crippen molar-refractivity contribution in [2.45, 2.75) is 6.92 Å². The Morgan fingerprint density at radius 3 is 2.57 bits per heavy atom. The van der Waals surface area contributed by atoms with E-state index in [2.05, 4.69) is 0 Å². The average molecular weight is 95.1 g/mol. The van der Waals surface area contributed by atoms with Crippen LogP contribution in [0.2, 0.25) is 0 Å². The van der Waals surface area contributed by atoms with Gasteiger partial charge in [-0.25, -0.2) is 0 Å². The normalized spacial score (nSPS) is 10.0. The van der Waals surface area contributed by atoms with E-state index in [1.165, 1.54) is 6.08 Å². The van der Waals surface area contributed by atoms with E-state index in [9.17, 15) is 4.79 Å². The molecular weight excluding hydrogens is 90.1 g/mol. The number of hydrogen-bond donors (Lipinski definition) is 0. The molecule has 0 radical (unpaired) electrons. The zero-order valence-electron chi connectivity index (χ0n) is 4.01. The minimum Gasteiger partial charge on any atom is -0.298 e. The topological polar surface area (TPSA) is 40.9 Å². The van der Waals surface area contributed by atoms with Crippen LogP contribution in [-0.4, -0.2) is 6.29 Å². The van der Waals surface area contributed by atoms with E-state index in [4.69, 9.17) is 5.26 Å². The molecule has 0 amide bonds. The predicted octanol–water partition coefficient (Wildman–Crippen LogP) is 0.655. The number of allylic oxidation sites excluding steroid dienone is 2. The second-order valence-electron chi connectivity index (χ2n) is 1.14. The summed E-state index contributed by atoms with van der Waals surface area (Å²) in [5.74, 6) is 0. The highest BCUT2D eigenvalue weighted by Gasteiger charge is 1.76. The van der Waals surface area contributed by atoms with Gasteiger partial charge in [0.15, 0.2) is 0 Å². The van der Waals surface area contributed by atoms with Gasteiger partial charge in [0, 0.05) is 6.08 Å². The van der Waals surface area contributed by atoms with Crippen LogP contribution in [0.15, 0.2) is 11.6 Å². The van der Waals surface area contributed by atoms with Crippen molar-refractivity contribution in [2.75, 3.05) is 0 Å². The Balaban J connectivity index is 3.80. The van der Waals surface area contributed by atoms with Crippen molar-refractivity contribution in [3.63, 3.8) is 0 Å². The van der Waals surface area contributed by atoms with Gasteiger partial charge in [0.1, 0.15) is 6.29 Å². The van der Waals surface area contributed by atoms with Crippen LogP contribution in [0.25, 0.3) is 0 Å². The molecule has 0 unspecified atom stereocenters. The van der Waals surface area contributed by atoms with E-state index in [0.29, 0.717) is 11.9 Å². The maximum atomic E-state index is 9.68. The Hall–Kier alpha value is -1.10. The van der Waals surface area contributed by atoms with Gasteiger partial charge in [-0.05, 0) is 12.5 Å². The molecule has 0 aromatic carbocycles. The molecule has 2 heteroatoms. The third-order valence-electron chi connectivity index (χ3n) is 0.478. The van der Waals surface area contributed by atoms with Gasteiger partial charge in [-0.3, -0.25) is 4.79 Å². The molecule has 0 aliphatic heterocycles. The first-order valence-corrected chi connectivity index (χ1v) is 1.83. The molecule has 0 aliphatic rings. The zero-order chi connectivity index (χ0) is 5.70. The van der Waals surface area contributed by atoms with Crippen LogP contribution in [0.4, 0.5) is 0 Å². The van der Waals surface area contributed by atoms with Crippen LogP contribution in [0.1, 0.15) is 6.92 Å². The van der Waals surface area contributed by atoms with E-state index in [1.54, 1.807) is 13.0 Å². The number of carbonyl (C=O) groups is 1. The number of hydrogen-bond acceptors (Lipinski definition) is 2. The van der Waals surface area contributed by atoms with Gasteiger partial charge in [-0.2, -0.15) is 5.26 Å². The molecule has 0 fully saturated rings. The van der Waals surface area contributed by atoms with Crippen molar-refractivity contribution in [1.82, 2.24) is 0 Å². The molecule has 0 spiro atoms. The van der Waals surface area contributed by atoms with Crippen LogP contribution < -0.4 is 0 Å². The quantitative estimate of drug-likeness (QED) is 0.272. The van der Waals surface area contributed by atoms with Crippen molar-refractivity contribution in [3.05, 3.63) is 11.6 Å². The average Bonchev–Trinajstić information content (AvgIpc) is 1.68. The van der Waals surface area contributed by atoms with Crippen molar-refractivity contribution in [2.24, 2.45) is 0 Å². The molecule has 0 atom stereocenters. The number of carbonyl (C=O) groups excluding carboxylic acids is 1. The minimum atomic E-state index is 0.461. The highest BCUT2D eigenvalue weighted by Crippen LogP contribution is 1.80. The molecule has 0 aliphatic carbocycles. The largest absolute Gasteiger partial charge is 0.298 e. The first-order valence-electron chi connectivity index (χ1n) is 1.83. The zero-order valence-corrected chi connectivity index (χ0v) is 4.01. The molecule has 0 saturated heterocycles. The van der Waals surface area contributed by atoms with Crippen LogP contribution in [0.3, 0.4) is 0 Å². The fourth-order valence-electron chi connectivity index (χ4n) is 0.136. The molecule has 0 aromatic rings. The van der Waals surface area contributed by atoms with Gasteiger partial charge < -0.3 is 0 Å². The van der Waals surface area contributed by atoms with E-state index >= 15 is 0 Å². The summed E-state index contributed by atoms with van der Waals surface area (Å²) in [5, 5.41) is 7.88. The van der Waals surface area contributed by atoms with E-state index < -0.39 is 0 Å². The van der Waals surface area contributed by atoms with Gasteiger partial charge in [0.25, 0.3) is 0 Å². The van der Waals surface area contributed by atoms with E-state index in [1.807, 2.05) is 0 Å². The summed E-state index contributed by atoms with van der Waals surface area (Å²) in [6, 6.07) is 1.73. The van der Waals surface area contributed by atoms with Gasteiger partial charge >= 0.3 is 0 Å². The lowest BCUT2D eigenvalue weighted by Crippen LogP contribution is -1.71. The van der Waals surface area contributed by atoms with Crippen LogP contribution in [0.5, 0.6) is 0 Å². The highest BCUT2D eigenvalue weighted by atomic mass is 16.1. The summed E-state index contributed by atoms with van der Waals surface area (Å²) < 4.78 is 0. The monoisotopic (exact) mass is 95.0 g/mol. The summed E-state index contributed by atoms with van der Waals surface area (Å²) >= 11 is 0. The number of rotatable bonds is 1. The maximum absolute atomic E-state index is 9.68. The molecule has 0 aromatic heterocycles. The van der Waals surface area contributed by atoms with Crippen molar-refractivity contribution >= 4 is 6.29 Å². The fraction of sp³-hybridized carbons (Fsp3) is 0.200. The second-order valence-corrected chi connectivity index (χ2v) is 1.14. The lowest BCUT2D eigenvalue weighted by molar-refractivity contribution is -0.104. The summed E-state index contributed by atoms with van der Waals surface area (Å²) in [6.45, 7) is 1.58. The van der Waals surface area contributed by atoms with Gasteiger partial charge in [0.2, 0.25) is 0 Å². The first kappa shape index (κ1) is 5.90. The Morgan fingerprint density at radius 1 is 1.86 bits per heavy atom. The summed E-state index contributed by atoms with van der Waals surface area (Å²) in [5.41, 5.74) is 0.461. The molecule has 0 heterocycles. The molecule has 0 saturated carbocycles. The Bertz CT molecular complexity index is 130. The maximum Gasteiger partial charge on any atom is 0.146 e. The molecule has 2 nitrogen and oxygen atoms in total. The number of nitriles is 1. The van der Waals surface area contributed by atoms with Crippen LogP contribution >= 0.6 is 0 Å². The Kier molecular flexibility index (Phi) is 2.62. The lowest BCUT2D eigenvalue weighted by atomic mass is 10.3. The molecule has 0 rings (SSSR count). The van der Waals surface area contributed by atoms with Crippen LogP contribution in [0, 0.1) is 11.3 Å². The standard InChI is InChI=1S/C5H5NO/c1-5(4-7)2-3-6/h2,4H,1H3/b5-2+. The smallest absolute Gasteiger partial charge is 0.146 e. The molecule has 0 N–H and O–H groups in total. The first-order chi connectivity index (χ1) is 3.31. The van der Waals surface area contributed by atoms with Gasteiger partial charge in [-0.1, -0.05) is 0 Å². The fourth-order valence-corrected chi connectivity index (χ4v) is 0.136. The van der Waals surface area contributed by atoms with Crippen molar-refractivity contribution in [1.29, 1.82) is 5.26 Å². The summed E-state index contributed by atoms with van der Waals surface area (Å²) in [7, 11) is 0. The molecule has 7 heavy (non-hydrogen) atoms. The van der Waals surface area contributed by atoms with Crippen molar-refractivity contribution in [3.8, 4) is 6.07 Å². The lowest BCUT2D eigenvalue weighted by Gasteiger charge is -1.71. The number of nitrogens with zero attached hydrogens (tertiary/aromatic N) is 1. The van der Waals surface area contributed by atoms with Crippen molar-refractivity contribution < 1.29 is 4.79 Å². The Labute approximate surface area is 42.1 Å². The Morgan fingerprint density at radius 2 is 2.43 bits per heavy atom. The third kappa shape index (κ3) is 2.71. The van der Waals surface area contributed by atoms with Gasteiger partial charge in [0.05, 0.1) is 6.07 Å². The van der Waals surface area contributed by atoms with Crippen LogP contribution in [-0.2, 0) is 4.79 Å². The number of aldehydes is 1. The SMILES string of the molecule is C/C(C=O)=C\C#N. The minimum absolute atomic E-state index is 0.461. The molecular formula is C5H5NO. The molecule has 0 bridgehead atoms. The predicted molar refractivity (Wildman–Crippen MR) is 25.4 cm³/mol.